The van der Waals surface area contributed by atoms with Crippen molar-refractivity contribution in [1.82, 2.24) is 5.32 Å². The van der Waals surface area contributed by atoms with Gasteiger partial charge in [-0.15, -0.1) is 0 Å². The van der Waals surface area contributed by atoms with Crippen LogP contribution >= 0.6 is 0 Å². The quantitative estimate of drug-likeness (QED) is 0.913. The zero-order valence-electron chi connectivity index (χ0n) is 11.6. The summed E-state index contributed by atoms with van der Waals surface area (Å²) in [6.45, 7) is 0.642. The molecule has 2 rings (SSSR count). The maximum Gasteiger partial charge on any atom is 0.407 e. The van der Waals surface area contributed by atoms with Gasteiger partial charge in [0, 0.05) is 6.54 Å². The van der Waals surface area contributed by atoms with E-state index in [-0.39, 0.29) is 6.61 Å². The Bertz CT molecular complexity index is 473. The molecule has 1 amide bonds. The Morgan fingerprint density at radius 3 is 2.60 bits per heavy atom. The number of hydrogen-bond acceptors (Lipinski definition) is 3. The van der Waals surface area contributed by atoms with Crippen LogP contribution in [0.4, 0.5) is 4.79 Å². The molecule has 0 aromatic heterocycles. The number of amides is 1. The molecule has 4 nitrogen and oxygen atoms in total. The molecule has 0 saturated heterocycles. The summed E-state index contributed by atoms with van der Waals surface area (Å²) in [6.07, 6.45) is 4.59. The minimum absolute atomic E-state index is 0.256. The summed E-state index contributed by atoms with van der Waals surface area (Å²) in [7, 11) is 0. The summed E-state index contributed by atoms with van der Waals surface area (Å²) in [4.78, 5) is 11.7. The largest absolute Gasteiger partial charge is 0.445 e. The fourth-order valence-corrected chi connectivity index (χ4v) is 2.57. The maximum atomic E-state index is 11.7. The van der Waals surface area contributed by atoms with Gasteiger partial charge in [-0.05, 0) is 18.4 Å². The van der Waals surface area contributed by atoms with Gasteiger partial charge in [-0.3, -0.25) is 0 Å². The maximum absolute atomic E-state index is 11.7. The molecular weight excluding hydrogens is 252 g/mol. The van der Waals surface area contributed by atoms with Gasteiger partial charge in [-0.25, -0.2) is 4.79 Å². The lowest BCUT2D eigenvalue weighted by molar-refractivity contribution is 0.133. The first-order chi connectivity index (χ1) is 9.74. The molecule has 1 aliphatic carbocycles. The highest BCUT2D eigenvalue weighted by molar-refractivity contribution is 5.67. The van der Waals surface area contributed by atoms with Crippen LogP contribution in [0.25, 0.3) is 0 Å². The summed E-state index contributed by atoms with van der Waals surface area (Å²) in [5.74, 6) is 0. The third kappa shape index (κ3) is 3.99. The van der Waals surface area contributed by atoms with Crippen molar-refractivity contribution in [3.8, 4) is 6.07 Å². The van der Waals surface area contributed by atoms with Crippen molar-refractivity contribution in [3.63, 3.8) is 0 Å². The molecule has 106 valence electrons. The van der Waals surface area contributed by atoms with Crippen molar-refractivity contribution in [2.45, 2.75) is 38.7 Å². The van der Waals surface area contributed by atoms with Gasteiger partial charge in [0.25, 0.3) is 0 Å². The number of carbonyl (C=O) groups excluding carboxylic acids is 1. The standard InChI is InChI=1S/C16H20N2O2/c17-12-16(9-5-2-6-10-16)13-18-15(19)20-11-14-7-3-1-4-8-14/h1,3-4,7-8H,2,5-6,9-11,13H2,(H,18,19). The second-order valence-corrected chi connectivity index (χ2v) is 5.37. The third-order valence-electron chi connectivity index (χ3n) is 3.83. The molecule has 1 N–H and O–H groups in total. The van der Waals surface area contributed by atoms with Crippen LogP contribution in [0.5, 0.6) is 0 Å². The lowest BCUT2D eigenvalue weighted by Crippen LogP contribution is -2.38. The number of nitrogens with one attached hydrogen (secondary N) is 1. The predicted molar refractivity (Wildman–Crippen MR) is 75.8 cm³/mol. The van der Waals surface area contributed by atoms with E-state index in [9.17, 15) is 10.1 Å². The fourth-order valence-electron chi connectivity index (χ4n) is 2.57. The second kappa shape index (κ2) is 6.95. The smallest absolute Gasteiger partial charge is 0.407 e. The van der Waals surface area contributed by atoms with Gasteiger partial charge in [0.1, 0.15) is 6.61 Å². The van der Waals surface area contributed by atoms with Gasteiger partial charge in [0.15, 0.2) is 0 Å². The van der Waals surface area contributed by atoms with E-state index in [2.05, 4.69) is 11.4 Å². The normalized spacial score (nSPS) is 16.9. The number of nitriles is 1. The third-order valence-corrected chi connectivity index (χ3v) is 3.83. The van der Waals surface area contributed by atoms with E-state index in [1.54, 1.807) is 0 Å². The van der Waals surface area contributed by atoms with Crippen LogP contribution in [-0.2, 0) is 11.3 Å². The van der Waals surface area contributed by atoms with Crippen LogP contribution in [0, 0.1) is 16.7 Å². The minimum Gasteiger partial charge on any atom is -0.445 e. The molecule has 1 aliphatic rings. The van der Waals surface area contributed by atoms with Crippen molar-refractivity contribution in [2.75, 3.05) is 6.54 Å². The average molecular weight is 272 g/mol. The first-order valence-corrected chi connectivity index (χ1v) is 7.10. The molecule has 0 aliphatic heterocycles. The molecule has 0 unspecified atom stereocenters. The Kier molecular flexibility index (Phi) is 5.00. The summed E-state index contributed by atoms with van der Waals surface area (Å²) < 4.78 is 5.15. The molecule has 4 heteroatoms. The monoisotopic (exact) mass is 272 g/mol. The predicted octanol–water partition coefficient (Wildman–Crippen LogP) is 3.39. The van der Waals surface area contributed by atoms with Crippen molar-refractivity contribution >= 4 is 6.09 Å². The molecule has 0 bridgehead atoms. The highest BCUT2D eigenvalue weighted by Gasteiger charge is 2.32. The van der Waals surface area contributed by atoms with E-state index in [4.69, 9.17) is 4.74 Å². The van der Waals surface area contributed by atoms with Gasteiger partial charge in [-0.2, -0.15) is 5.26 Å². The lowest BCUT2D eigenvalue weighted by atomic mass is 9.75. The summed E-state index contributed by atoms with van der Waals surface area (Å²) in [5.41, 5.74) is 0.555. The molecule has 1 fully saturated rings. The number of nitrogens with zero attached hydrogens (tertiary/aromatic N) is 1. The first-order valence-electron chi connectivity index (χ1n) is 7.10. The lowest BCUT2D eigenvalue weighted by Gasteiger charge is -2.30. The number of benzene rings is 1. The van der Waals surface area contributed by atoms with E-state index in [1.807, 2.05) is 30.3 Å². The molecule has 0 radical (unpaired) electrons. The Morgan fingerprint density at radius 1 is 1.25 bits per heavy atom. The van der Waals surface area contributed by atoms with E-state index < -0.39 is 11.5 Å². The van der Waals surface area contributed by atoms with Gasteiger partial charge < -0.3 is 10.1 Å². The molecular formula is C16H20N2O2. The van der Waals surface area contributed by atoms with Crippen molar-refractivity contribution in [3.05, 3.63) is 35.9 Å². The highest BCUT2D eigenvalue weighted by Crippen LogP contribution is 2.34. The van der Waals surface area contributed by atoms with Crippen LogP contribution in [0.2, 0.25) is 0 Å². The number of alkyl carbamates (subject to hydrolysis) is 1. The Balaban J connectivity index is 1.76. The Hall–Kier alpha value is -2.02. The van der Waals surface area contributed by atoms with E-state index >= 15 is 0 Å². The molecule has 0 spiro atoms. The molecule has 1 aromatic rings. The van der Waals surface area contributed by atoms with Gasteiger partial charge >= 0.3 is 6.09 Å². The number of ether oxygens (including phenoxy) is 1. The van der Waals surface area contributed by atoms with Gasteiger partial charge in [0.2, 0.25) is 0 Å². The molecule has 0 atom stereocenters. The molecule has 1 aromatic carbocycles. The van der Waals surface area contributed by atoms with Crippen LogP contribution < -0.4 is 5.32 Å². The SMILES string of the molecule is N#CC1(CNC(=O)OCc2ccccc2)CCCCC1. The number of rotatable bonds is 4. The van der Waals surface area contributed by atoms with Gasteiger partial charge in [0.05, 0.1) is 11.5 Å². The summed E-state index contributed by atoms with van der Waals surface area (Å²) >= 11 is 0. The van der Waals surface area contributed by atoms with E-state index in [1.165, 1.54) is 6.42 Å². The zero-order chi connectivity index (χ0) is 14.3. The summed E-state index contributed by atoms with van der Waals surface area (Å²) in [6, 6.07) is 11.9. The second-order valence-electron chi connectivity index (χ2n) is 5.37. The fraction of sp³-hybridized carbons (Fsp3) is 0.500. The van der Waals surface area contributed by atoms with Crippen LogP contribution in [-0.4, -0.2) is 12.6 Å². The van der Waals surface area contributed by atoms with Crippen LogP contribution in [0.3, 0.4) is 0 Å². The highest BCUT2D eigenvalue weighted by atomic mass is 16.5. The van der Waals surface area contributed by atoms with E-state index in [0.29, 0.717) is 6.54 Å². The Labute approximate surface area is 119 Å². The molecule has 20 heavy (non-hydrogen) atoms. The first kappa shape index (κ1) is 14.4. The summed E-state index contributed by atoms with van der Waals surface area (Å²) in [5, 5.41) is 12.1. The average Bonchev–Trinajstić information content (AvgIpc) is 2.53. The van der Waals surface area contributed by atoms with Gasteiger partial charge in [-0.1, -0.05) is 49.6 Å². The van der Waals surface area contributed by atoms with Crippen LogP contribution in [0.1, 0.15) is 37.7 Å². The minimum atomic E-state index is -0.450. The number of hydrogen-bond donors (Lipinski definition) is 1. The number of carbonyl (C=O) groups is 1. The van der Waals surface area contributed by atoms with Crippen molar-refractivity contribution in [2.24, 2.45) is 5.41 Å². The van der Waals surface area contributed by atoms with Crippen LogP contribution in [0.15, 0.2) is 30.3 Å². The Morgan fingerprint density at radius 2 is 1.95 bits per heavy atom. The molecule has 0 heterocycles. The van der Waals surface area contributed by atoms with Crippen molar-refractivity contribution in [1.29, 1.82) is 5.26 Å². The zero-order valence-corrected chi connectivity index (χ0v) is 11.6. The van der Waals surface area contributed by atoms with Crippen molar-refractivity contribution < 1.29 is 9.53 Å². The molecule has 1 saturated carbocycles. The van der Waals surface area contributed by atoms with E-state index in [0.717, 1.165) is 31.2 Å². The topological polar surface area (TPSA) is 62.1 Å².